The summed E-state index contributed by atoms with van der Waals surface area (Å²) in [7, 11) is 3.41. The van der Waals surface area contributed by atoms with E-state index in [-0.39, 0.29) is 11.9 Å². The van der Waals surface area contributed by atoms with E-state index in [1.807, 2.05) is 4.90 Å². The first-order valence-electron chi connectivity index (χ1n) is 6.78. The van der Waals surface area contributed by atoms with Crippen LogP contribution in [0.5, 0.6) is 0 Å². The lowest BCUT2D eigenvalue weighted by Crippen LogP contribution is -2.34. The third-order valence-electron chi connectivity index (χ3n) is 3.56. The van der Waals surface area contributed by atoms with Crippen molar-refractivity contribution in [2.24, 2.45) is 0 Å². The van der Waals surface area contributed by atoms with Crippen LogP contribution in [0.2, 0.25) is 0 Å². The number of carbonyl (C=O) groups excluding carboxylic acids is 2. The Kier molecular flexibility index (Phi) is 4.74. The third-order valence-corrected chi connectivity index (χ3v) is 3.56. The minimum atomic E-state index is -0.389. The number of methoxy groups -OCH3 is 1. The largest absolute Gasteiger partial charge is 0.465 e. The summed E-state index contributed by atoms with van der Waals surface area (Å²) in [6, 6.07) is 6.62. The predicted molar refractivity (Wildman–Crippen MR) is 75.8 cm³/mol. The summed E-state index contributed by atoms with van der Waals surface area (Å²) in [6.45, 7) is 3.44. The average Bonchev–Trinajstić information content (AvgIpc) is 2.70. The van der Waals surface area contributed by atoms with Crippen LogP contribution in [-0.2, 0) is 4.74 Å². The SMILES string of the molecule is COC(=O)c1ccc(C(=O)N2CCCN(C)CC2)cc1. The minimum absolute atomic E-state index is 0.0247. The van der Waals surface area contributed by atoms with Crippen LogP contribution in [0.25, 0.3) is 0 Å². The van der Waals surface area contributed by atoms with E-state index in [4.69, 9.17) is 0 Å². The number of amides is 1. The first-order chi connectivity index (χ1) is 9.61. The van der Waals surface area contributed by atoms with E-state index in [2.05, 4.69) is 16.7 Å². The van der Waals surface area contributed by atoms with Crippen molar-refractivity contribution in [2.75, 3.05) is 40.3 Å². The fraction of sp³-hybridized carbons (Fsp3) is 0.467. The zero-order valence-corrected chi connectivity index (χ0v) is 12.0. The second-order valence-corrected chi connectivity index (χ2v) is 5.02. The zero-order valence-electron chi connectivity index (χ0n) is 12.0. The normalized spacial score (nSPS) is 16.6. The number of hydrogen-bond acceptors (Lipinski definition) is 4. The lowest BCUT2D eigenvalue weighted by Gasteiger charge is -2.20. The van der Waals surface area contributed by atoms with Crippen LogP contribution in [0.3, 0.4) is 0 Å². The van der Waals surface area contributed by atoms with Crippen molar-refractivity contribution in [3.05, 3.63) is 35.4 Å². The average molecular weight is 276 g/mol. The van der Waals surface area contributed by atoms with Gasteiger partial charge in [-0.25, -0.2) is 4.79 Å². The van der Waals surface area contributed by atoms with Crippen molar-refractivity contribution in [1.29, 1.82) is 0 Å². The van der Waals surface area contributed by atoms with Crippen molar-refractivity contribution in [3.63, 3.8) is 0 Å². The van der Waals surface area contributed by atoms with E-state index < -0.39 is 0 Å². The molecule has 5 nitrogen and oxygen atoms in total. The molecule has 0 radical (unpaired) electrons. The third kappa shape index (κ3) is 3.36. The second kappa shape index (κ2) is 6.52. The van der Waals surface area contributed by atoms with Crippen LogP contribution < -0.4 is 0 Å². The summed E-state index contributed by atoms with van der Waals surface area (Å²) in [4.78, 5) is 27.9. The molecule has 0 N–H and O–H groups in total. The topological polar surface area (TPSA) is 49.9 Å². The molecule has 5 heteroatoms. The van der Waals surface area contributed by atoms with E-state index >= 15 is 0 Å². The van der Waals surface area contributed by atoms with Gasteiger partial charge in [-0.2, -0.15) is 0 Å². The van der Waals surface area contributed by atoms with E-state index in [0.29, 0.717) is 11.1 Å². The Morgan fingerprint density at radius 3 is 2.30 bits per heavy atom. The molecule has 1 amide bonds. The first-order valence-corrected chi connectivity index (χ1v) is 6.78. The van der Waals surface area contributed by atoms with Crippen LogP contribution in [0.1, 0.15) is 27.1 Å². The van der Waals surface area contributed by atoms with Crippen LogP contribution >= 0.6 is 0 Å². The summed E-state index contributed by atoms with van der Waals surface area (Å²) < 4.78 is 4.64. The minimum Gasteiger partial charge on any atom is -0.465 e. The number of benzene rings is 1. The molecule has 0 atom stereocenters. The fourth-order valence-electron chi connectivity index (χ4n) is 2.30. The number of likely N-dealkylation sites (N-methyl/N-ethyl adjacent to an activating group) is 1. The molecule has 0 spiro atoms. The Morgan fingerprint density at radius 2 is 1.65 bits per heavy atom. The van der Waals surface area contributed by atoms with Gasteiger partial charge in [0.15, 0.2) is 0 Å². The molecule has 1 aromatic rings. The highest BCUT2D eigenvalue weighted by molar-refractivity contribution is 5.96. The van der Waals surface area contributed by atoms with Gasteiger partial charge in [-0.05, 0) is 44.3 Å². The van der Waals surface area contributed by atoms with Crippen molar-refractivity contribution < 1.29 is 14.3 Å². The molecule has 1 heterocycles. The van der Waals surface area contributed by atoms with Gasteiger partial charge < -0.3 is 14.5 Å². The molecule has 1 aliphatic heterocycles. The highest BCUT2D eigenvalue weighted by atomic mass is 16.5. The van der Waals surface area contributed by atoms with Gasteiger partial charge in [0.05, 0.1) is 12.7 Å². The van der Waals surface area contributed by atoms with E-state index in [1.165, 1.54) is 7.11 Å². The van der Waals surface area contributed by atoms with Crippen molar-refractivity contribution in [2.45, 2.75) is 6.42 Å². The number of rotatable bonds is 2. The molecule has 0 aliphatic carbocycles. The monoisotopic (exact) mass is 276 g/mol. The molecule has 20 heavy (non-hydrogen) atoms. The molecule has 1 saturated heterocycles. The summed E-state index contributed by atoms with van der Waals surface area (Å²) in [5, 5.41) is 0. The van der Waals surface area contributed by atoms with Crippen LogP contribution in [0, 0.1) is 0 Å². The van der Waals surface area contributed by atoms with Gasteiger partial charge in [-0.1, -0.05) is 0 Å². The molecule has 108 valence electrons. The predicted octanol–water partition coefficient (Wildman–Crippen LogP) is 1.25. The van der Waals surface area contributed by atoms with Gasteiger partial charge in [0, 0.05) is 25.2 Å². The zero-order chi connectivity index (χ0) is 14.5. The van der Waals surface area contributed by atoms with Gasteiger partial charge in [-0.15, -0.1) is 0 Å². The fourth-order valence-corrected chi connectivity index (χ4v) is 2.30. The van der Waals surface area contributed by atoms with Crippen LogP contribution in [0.15, 0.2) is 24.3 Å². The smallest absolute Gasteiger partial charge is 0.337 e. The Morgan fingerprint density at radius 1 is 1.00 bits per heavy atom. The number of hydrogen-bond donors (Lipinski definition) is 0. The molecule has 0 saturated carbocycles. The van der Waals surface area contributed by atoms with Crippen molar-refractivity contribution in [1.82, 2.24) is 9.80 Å². The number of ether oxygens (including phenoxy) is 1. The molecule has 0 unspecified atom stereocenters. The Labute approximate surface area is 119 Å². The molecular weight excluding hydrogens is 256 g/mol. The van der Waals surface area contributed by atoms with E-state index in [1.54, 1.807) is 24.3 Å². The summed E-state index contributed by atoms with van der Waals surface area (Å²) in [6.07, 6.45) is 0.989. The maximum absolute atomic E-state index is 12.4. The Bertz CT molecular complexity index is 484. The molecule has 1 fully saturated rings. The number of esters is 1. The second-order valence-electron chi connectivity index (χ2n) is 5.02. The van der Waals surface area contributed by atoms with Gasteiger partial charge in [-0.3, -0.25) is 4.79 Å². The highest BCUT2D eigenvalue weighted by Crippen LogP contribution is 2.11. The molecule has 1 aromatic carbocycles. The van der Waals surface area contributed by atoms with Gasteiger partial charge >= 0.3 is 5.97 Å². The van der Waals surface area contributed by atoms with E-state index in [0.717, 1.165) is 32.6 Å². The molecule has 0 aromatic heterocycles. The Hall–Kier alpha value is -1.88. The van der Waals surface area contributed by atoms with Gasteiger partial charge in [0.1, 0.15) is 0 Å². The quantitative estimate of drug-likeness (QED) is 0.763. The Balaban J connectivity index is 2.07. The highest BCUT2D eigenvalue weighted by Gasteiger charge is 2.19. The maximum Gasteiger partial charge on any atom is 0.337 e. The van der Waals surface area contributed by atoms with Crippen molar-refractivity contribution >= 4 is 11.9 Å². The van der Waals surface area contributed by atoms with Crippen LogP contribution in [0.4, 0.5) is 0 Å². The van der Waals surface area contributed by atoms with Crippen molar-refractivity contribution in [3.8, 4) is 0 Å². The summed E-state index contributed by atoms with van der Waals surface area (Å²) in [5.41, 5.74) is 1.07. The molecule has 1 aliphatic rings. The summed E-state index contributed by atoms with van der Waals surface area (Å²) >= 11 is 0. The number of nitrogens with zero attached hydrogens (tertiary/aromatic N) is 2. The standard InChI is InChI=1S/C15H20N2O3/c1-16-8-3-9-17(11-10-16)14(18)12-4-6-13(7-5-12)15(19)20-2/h4-7H,3,8-11H2,1-2H3. The lowest BCUT2D eigenvalue weighted by atomic mass is 10.1. The summed E-state index contributed by atoms with van der Waals surface area (Å²) in [5.74, 6) is -0.364. The first kappa shape index (κ1) is 14.5. The van der Waals surface area contributed by atoms with E-state index in [9.17, 15) is 9.59 Å². The van der Waals surface area contributed by atoms with Gasteiger partial charge in [0.2, 0.25) is 0 Å². The number of carbonyl (C=O) groups is 2. The molecule has 0 bridgehead atoms. The maximum atomic E-state index is 12.4. The molecular formula is C15H20N2O3. The van der Waals surface area contributed by atoms with Gasteiger partial charge in [0.25, 0.3) is 5.91 Å². The molecule has 2 rings (SSSR count). The van der Waals surface area contributed by atoms with Crippen LogP contribution in [-0.4, -0.2) is 62.0 Å². The lowest BCUT2D eigenvalue weighted by molar-refractivity contribution is 0.0599.